The number of nitrogens with one attached hydrogen (secondary N) is 1. The van der Waals surface area contributed by atoms with Crippen LogP contribution in [0.3, 0.4) is 0 Å². The van der Waals surface area contributed by atoms with Gasteiger partial charge in [-0.2, -0.15) is 0 Å². The van der Waals surface area contributed by atoms with Crippen LogP contribution in [0, 0.1) is 10.1 Å². The van der Waals surface area contributed by atoms with Gasteiger partial charge >= 0.3 is 5.69 Å². The number of carbonyl (C=O) groups excluding carboxylic acids is 1. The number of hydrogen-bond acceptors (Lipinski definition) is 6. The molecular weight excluding hydrogens is 382 g/mol. The Morgan fingerprint density at radius 2 is 2.00 bits per heavy atom. The highest BCUT2D eigenvalue weighted by atomic mass is 32.1. The molecule has 0 spiro atoms. The van der Waals surface area contributed by atoms with Crippen LogP contribution >= 0.6 is 12.2 Å². The van der Waals surface area contributed by atoms with Crippen molar-refractivity contribution in [3.05, 3.63) is 39.1 Å². The van der Waals surface area contributed by atoms with Gasteiger partial charge in [-0.3, -0.25) is 14.9 Å². The van der Waals surface area contributed by atoms with Gasteiger partial charge < -0.3 is 19.7 Å². The molecule has 0 aromatic heterocycles. The lowest BCUT2D eigenvalue weighted by Crippen LogP contribution is -2.49. The Kier molecular flexibility index (Phi) is 5.83. The van der Waals surface area contributed by atoms with Crippen molar-refractivity contribution in [2.45, 2.75) is 38.6 Å². The second kappa shape index (κ2) is 8.14. The predicted molar refractivity (Wildman–Crippen MR) is 108 cm³/mol. The van der Waals surface area contributed by atoms with Gasteiger partial charge in [-0.25, -0.2) is 0 Å². The molecule has 150 valence electrons. The van der Waals surface area contributed by atoms with Gasteiger partial charge in [-0.15, -0.1) is 0 Å². The standard InChI is InChI=1S/C19H23N3O5S/c1-4-8-21-12-6-5-7-14(23)17(12)18(20-19(21)28)11-9-13(22(24)25)16(27-3)10-15(11)26-2/h9-10,18H,4-8H2,1-3H3,(H,20,28). The van der Waals surface area contributed by atoms with Crippen molar-refractivity contribution < 1.29 is 19.2 Å². The van der Waals surface area contributed by atoms with Gasteiger partial charge in [-0.1, -0.05) is 6.92 Å². The number of hydrogen-bond donors (Lipinski definition) is 1. The first-order chi connectivity index (χ1) is 13.4. The van der Waals surface area contributed by atoms with Crippen LogP contribution in [0.5, 0.6) is 11.5 Å². The summed E-state index contributed by atoms with van der Waals surface area (Å²) in [6, 6.07) is 2.28. The van der Waals surface area contributed by atoms with Crippen LogP contribution in [0.1, 0.15) is 44.2 Å². The summed E-state index contributed by atoms with van der Waals surface area (Å²) in [6.07, 6.45) is 2.85. The van der Waals surface area contributed by atoms with Gasteiger partial charge in [0.05, 0.1) is 25.2 Å². The van der Waals surface area contributed by atoms with E-state index in [2.05, 4.69) is 12.2 Å². The van der Waals surface area contributed by atoms with E-state index < -0.39 is 11.0 Å². The largest absolute Gasteiger partial charge is 0.496 e. The maximum atomic E-state index is 12.8. The highest BCUT2D eigenvalue weighted by Gasteiger charge is 2.39. The highest BCUT2D eigenvalue weighted by molar-refractivity contribution is 7.80. The molecule has 0 radical (unpaired) electrons. The van der Waals surface area contributed by atoms with E-state index in [1.165, 1.54) is 26.4 Å². The molecule has 1 atom stereocenters. The zero-order chi connectivity index (χ0) is 20.4. The molecule has 1 heterocycles. The van der Waals surface area contributed by atoms with Crippen LogP contribution in [0.2, 0.25) is 0 Å². The summed E-state index contributed by atoms with van der Waals surface area (Å²) in [4.78, 5) is 25.8. The minimum absolute atomic E-state index is 0.0304. The number of ketones is 1. The Balaban J connectivity index is 2.20. The Morgan fingerprint density at radius 1 is 1.29 bits per heavy atom. The summed E-state index contributed by atoms with van der Waals surface area (Å²) in [5.41, 5.74) is 1.84. The summed E-state index contributed by atoms with van der Waals surface area (Å²) in [5, 5.41) is 15.2. The van der Waals surface area contributed by atoms with E-state index in [4.69, 9.17) is 21.7 Å². The molecular formula is C19H23N3O5S. The molecule has 0 fully saturated rings. The molecule has 1 aliphatic heterocycles. The van der Waals surface area contributed by atoms with Crippen molar-refractivity contribution in [1.29, 1.82) is 0 Å². The number of carbonyl (C=O) groups is 1. The monoisotopic (exact) mass is 405 g/mol. The maximum Gasteiger partial charge on any atom is 0.311 e. The van der Waals surface area contributed by atoms with Crippen LogP contribution in [-0.4, -0.2) is 41.5 Å². The third kappa shape index (κ3) is 3.42. The smallest absolute Gasteiger partial charge is 0.311 e. The van der Waals surface area contributed by atoms with Crippen molar-refractivity contribution >= 4 is 28.8 Å². The molecule has 1 aliphatic carbocycles. The lowest BCUT2D eigenvalue weighted by atomic mass is 9.84. The van der Waals surface area contributed by atoms with Crippen LogP contribution in [0.25, 0.3) is 0 Å². The van der Waals surface area contributed by atoms with Crippen molar-refractivity contribution in [3.63, 3.8) is 0 Å². The summed E-state index contributed by atoms with van der Waals surface area (Å²) in [6.45, 7) is 2.76. The lowest BCUT2D eigenvalue weighted by Gasteiger charge is -2.41. The van der Waals surface area contributed by atoms with Crippen LogP contribution in [-0.2, 0) is 4.79 Å². The van der Waals surface area contributed by atoms with Crippen molar-refractivity contribution in [1.82, 2.24) is 10.2 Å². The number of methoxy groups -OCH3 is 2. The van der Waals surface area contributed by atoms with E-state index >= 15 is 0 Å². The Hall–Kier alpha value is -2.68. The first-order valence-corrected chi connectivity index (χ1v) is 9.58. The Labute approximate surface area is 168 Å². The number of allylic oxidation sites excluding steroid dienone is 1. The van der Waals surface area contributed by atoms with Crippen LogP contribution < -0.4 is 14.8 Å². The molecule has 0 saturated carbocycles. The fourth-order valence-corrected chi connectivity index (χ4v) is 4.14. The lowest BCUT2D eigenvalue weighted by molar-refractivity contribution is -0.385. The zero-order valence-electron chi connectivity index (χ0n) is 16.1. The van der Waals surface area contributed by atoms with Gasteiger partial charge in [0.15, 0.2) is 10.9 Å². The average Bonchev–Trinajstić information content (AvgIpc) is 2.68. The molecule has 2 aliphatic rings. The molecule has 0 bridgehead atoms. The van der Waals surface area contributed by atoms with E-state index in [1.807, 2.05) is 4.90 Å². The molecule has 1 N–H and O–H groups in total. The summed E-state index contributed by atoms with van der Waals surface area (Å²) in [7, 11) is 2.84. The first-order valence-electron chi connectivity index (χ1n) is 9.17. The van der Waals surface area contributed by atoms with E-state index in [0.29, 0.717) is 35.0 Å². The molecule has 3 rings (SSSR count). The molecule has 9 heteroatoms. The molecule has 1 aromatic carbocycles. The second-order valence-corrected chi connectivity index (χ2v) is 7.08. The summed E-state index contributed by atoms with van der Waals surface area (Å²) >= 11 is 5.56. The topological polar surface area (TPSA) is 93.9 Å². The SMILES string of the molecule is CCCN1C(=S)NC(c2cc([N+](=O)[O-])c(OC)cc2OC)C2=C1CCCC2=O. The minimum Gasteiger partial charge on any atom is -0.496 e. The quantitative estimate of drug-likeness (QED) is 0.438. The Morgan fingerprint density at radius 3 is 2.61 bits per heavy atom. The zero-order valence-corrected chi connectivity index (χ0v) is 16.9. The van der Waals surface area contributed by atoms with Crippen molar-refractivity contribution in [2.24, 2.45) is 0 Å². The van der Waals surface area contributed by atoms with E-state index in [-0.39, 0.29) is 17.2 Å². The number of rotatable bonds is 6. The fourth-order valence-electron chi connectivity index (χ4n) is 3.82. The van der Waals surface area contributed by atoms with Crippen LogP contribution in [0.4, 0.5) is 5.69 Å². The molecule has 1 unspecified atom stereocenters. The maximum absolute atomic E-state index is 12.8. The second-order valence-electron chi connectivity index (χ2n) is 6.69. The number of thiocarbonyl (C=S) groups is 1. The van der Waals surface area contributed by atoms with E-state index in [1.54, 1.807) is 0 Å². The number of nitrogens with zero attached hydrogens (tertiary/aromatic N) is 2. The average molecular weight is 405 g/mol. The summed E-state index contributed by atoms with van der Waals surface area (Å²) in [5.74, 6) is 0.528. The minimum atomic E-state index is -0.594. The summed E-state index contributed by atoms with van der Waals surface area (Å²) < 4.78 is 10.6. The van der Waals surface area contributed by atoms with Gasteiger partial charge in [0.2, 0.25) is 5.75 Å². The van der Waals surface area contributed by atoms with Crippen LogP contribution in [0.15, 0.2) is 23.4 Å². The van der Waals surface area contributed by atoms with E-state index in [9.17, 15) is 14.9 Å². The normalized spacial score (nSPS) is 19.2. The fraction of sp³-hybridized carbons (Fsp3) is 0.474. The van der Waals surface area contributed by atoms with Gasteiger partial charge in [-0.05, 0) is 31.5 Å². The third-order valence-corrected chi connectivity index (χ3v) is 5.38. The highest BCUT2D eigenvalue weighted by Crippen LogP contribution is 2.43. The van der Waals surface area contributed by atoms with Gasteiger partial charge in [0.25, 0.3) is 0 Å². The van der Waals surface area contributed by atoms with E-state index in [0.717, 1.165) is 25.0 Å². The molecule has 0 amide bonds. The van der Waals surface area contributed by atoms with Crippen molar-refractivity contribution in [2.75, 3.05) is 20.8 Å². The number of benzene rings is 1. The molecule has 8 nitrogen and oxygen atoms in total. The molecule has 1 aromatic rings. The number of Topliss-reactive ketones (excluding diaryl/α,β-unsaturated/α-hetero) is 1. The number of nitro benzene ring substituents is 1. The molecule has 0 saturated heterocycles. The Bertz CT molecular complexity index is 867. The third-order valence-electron chi connectivity index (χ3n) is 5.04. The van der Waals surface area contributed by atoms with Crippen molar-refractivity contribution in [3.8, 4) is 11.5 Å². The number of nitro groups is 1. The number of ether oxygens (including phenoxy) is 2. The molecule has 28 heavy (non-hydrogen) atoms. The predicted octanol–water partition coefficient (Wildman–Crippen LogP) is 3.26. The van der Waals surface area contributed by atoms with Gasteiger partial charge in [0, 0.05) is 41.9 Å². The first kappa shape index (κ1) is 20.1. The van der Waals surface area contributed by atoms with Gasteiger partial charge in [0.1, 0.15) is 5.75 Å².